The molecular formula is C22H23N3O5S. The summed E-state index contributed by atoms with van der Waals surface area (Å²) in [5, 5.41) is 5.44. The van der Waals surface area contributed by atoms with Gasteiger partial charge >= 0.3 is 0 Å². The van der Waals surface area contributed by atoms with Gasteiger partial charge in [0, 0.05) is 12.2 Å². The third-order valence-electron chi connectivity index (χ3n) is 4.49. The van der Waals surface area contributed by atoms with Gasteiger partial charge in [-0.1, -0.05) is 30.3 Å². The van der Waals surface area contributed by atoms with Gasteiger partial charge in [-0.25, -0.2) is 8.42 Å². The van der Waals surface area contributed by atoms with Gasteiger partial charge in [0.2, 0.25) is 15.9 Å². The number of furan rings is 1. The van der Waals surface area contributed by atoms with Crippen molar-refractivity contribution < 1.29 is 22.4 Å². The molecular weight excluding hydrogens is 418 g/mol. The highest BCUT2D eigenvalue weighted by Gasteiger charge is 2.22. The molecule has 0 saturated heterocycles. The molecule has 0 spiro atoms. The van der Waals surface area contributed by atoms with Crippen LogP contribution in [0.4, 0.5) is 11.4 Å². The number of rotatable bonds is 8. The lowest BCUT2D eigenvalue weighted by atomic mass is 10.2. The number of carbonyl (C=O) groups excluding carboxylic acids is 2. The second kappa shape index (κ2) is 9.48. The zero-order valence-corrected chi connectivity index (χ0v) is 18.0. The lowest BCUT2D eigenvalue weighted by Crippen LogP contribution is -2.40. The molecule has 0 fully saturated rings. The Balaban J connectivity index is 1.63. The van der Waals surface area contributed by atoms with Crippen LogP contribution in [0.5, 0.6) is 0 Å². The summed E-state index contributed by atoms with van der Waals surface area (Å²) in [7, 11) is -3.64. The molecule has 2 aromatic carbocycles. The van der Waals surface area contributed by atoms with Gasteiger partial charge in [-0.2, -0.15) is 0 Å². The van der Waals surface area contributed by atoms with Crippen LogP contribution in [0, 0.1) is 6.92 Å². The molecule has 2 amide bonds. The topological polar surface area (TPSA) is 109 Å². The zero-order chi connectivity index (χ0) is 22.4. The Morgan fingerprint density at radius 1 is 1.03 bits per heavy atom. The molecule has 1 heterocycles. The minimum absolute atomic E-state index is 0.175. The van der Waals surface area contributed by atoms with E-state index in [2.05, 4.69) is 10.6 Å². The number of carbonyl (C=O) groups is 2. The summed E-state index contributed by atoms with van der Waals surface area (Å²) in [5.74, 6) is -0.636. The fraction of sp³-hybridized carbons (Fsp3) is 0.182. The van der Waals surface area contributed by atoms with Gasteiger partial charge in [0.05, 0.1) is 18.2 Å². The molecule has 162 valence electrons. The molecule has 8 nitrogen and oxygen atoms in total. The second-order valence-corrected chi connectivity index (χ2v) is 8.87. The number of anilines is 2. The van der Waals surface area contributed by atoms with Crippen LogP contribution in [0.25, 0.3) is 0 Å². The summed E-state index contributed by atoms with van der Waals surface area (Å²) >= 11 is 0. The van der Waals surface area contributed by atoms with Crippen LogP contribution in [0.2, 0.25) is 0 Å². The van der Waals surface area contributed by atoms with Gasteiger partial charge in [0.15, 0.2) is 5.76 Å². The van der Waals surface area contributed by atoms with E-state index in [0.717, 1.165) is 21.7 Å². The van der Waals surface area contributed by atoms with Gasteiger partial charge in [-0.05, 0) is 48.4 Å². The average molecular weight is 442 g/mol. The molecule has 0 aliphatic rings. The number of para-hydroxylation sites is 1. The number of nitrogens with one attached hydrogen (secondary N) is 2. The lowest BCUT2D eigenvalue weighted by Gasteiger charge is -2.23. The minimum Gasteiger partial charge on any atom is -0.459 e. The van der Waals surface area contributed by atoms with Gasteiger partial charge in [-0.3, -0.25) is 13.9 Å². The van der Waals surface area contributed by atoms with Crippen molar-refractivity contribution in [2.75, 3.05) is 22.4 Å². The van der Waals surface area contributed by atoms with Crippen LogP contribution in [0.1, 0.15) is 21.7 Å². The SMILES string of the molecule is Cc1ccccc1N(CC(=O)NCc1cccc(NC(=O)c2ccco2)c1)S(C)(=O)=O. The van der Waals surface area contributed by atoms with E-state index in [9.17, 15) is 18.0 Å². The van der Waals surface area contributed by atoms with Crippen molar-refractivity contribution in [1.82, 2.24) is 5.32 Å². The van der Waals surface area contributed by atoms with Crippen molar-refractivity contribution >= 4 is 33.2 Å². The number of nitrogens with zero attached hydrogens (tertiary/aromatic N) is 1. The fourth-order valence-electron chi connectivity index (χ4n) is 2.97. The van der Waals surface area contributed by atoms with Crippen LogP contribution in [-0.4, -0.2) is 33.0 Å². The van der Waals surface area contributed by atoms with Crippen molar-refractivity contribution in [2.24, 2.45) is 0 Å². The van der Waals surface area contributed by atoms with Gasteiger partial charge in [0.25, 0.3) is 5.91 Å². The second-order valence-electron chi connectivity index (χ2n) is 6.96. The number of benzene rings is 2. The van der Waals surface area contributed by atoms with Gasteiger partial charge < -0.3 is 15.1 Å². The van der Waals surface area contributed by atoms with Crippen molar-refractivity contribution in [3.05, 3.63) is 83.8 Å². The molecule has 0 atom stereocenters. The van der Waals surface area contributed by atoms with Crippen LogP contribution in [-0.2, 0) is 21.4 Å². The Morgan fingerprint density at radius 3 is 2.48 bits per heavy atom. The Kier molecular flexibility index (Phi) is 6.76. The van der Waals surface area contributed by atoms with Crippen molar-refractivity contribution in [3.63, 3.8) is 0 Å². The van der Waals surface area contributed by atoms with E-state index < -0.39 is 15.9 Å². The first-order chi connectivity index (χ1) is 14.7. The number of hydrogen-bond acceptors (Lipinski definition) is 5. The summed E-state index contributed by atoms with van der Waals surface area (Å²) in [6.07, 6.45) is 2.48. The molecule has 0 saturated carbocycles. The molecule has 3 rings (SSSR count). The largest absolute Gasteiger partial charge is 0.459 e. The average Bonchev–Trinajstić information content (AvgIpc) is 3.26. The molecule has 2 N–H and O–H groups in total. The molecule has 1 aromatic heterocycles. The minimum atomic E-state index is -3.64. The van der Waals surface area contributed by atoms with Crippen molar-refractivity contribution in [2.45, 2.75) is 13.5 Å². The Hall–Kier alpha value is -3.59. The monoisotopic (exact) mass is 441 g/mol. The third kappa shape index (κ3) is 5.95. The van der Waals surface area contributed by atoms with E-state index in [0.29, 0.717) is 11.4 Å². The lowest BCUT2D eigenvalue weighted by molar-refractivity contribution is -0.119. The number of sulfonamides is 1. The summed E-state index contributed by atoms with van der Waals surface area (Å²) in [6.45, 7) is 1.63. The van der Waals surface area contributed by atoms with E-state index in [1.54, 1.807) is 67.6 Å². The highest BCUT2D eigenvalue weighted by molar-refractivity contribution is 7.92. The molecule has 0 radical (unpaired) electrons. The van der Waals surface area contributed by atoms with E-state index in [1.807, 2.05) is 0 Å². The number of hydrogen-bond donors (Lipinski definition) is 2. The zero-order valence-electron chi connectivity index (χ0n) is 17.2. The molecule has 31 heavy (non-hydrogen) atoms. The third-order valence-corrected chi connectivity index (χ3v) is 5.62. The van der Waals surface area contributed by atoms with Gasteiger partial charge in [-0.15, -0.1) is 0 Å². The van der Waals surface area contributed by atoms with Crippen molar-refractivity contribution in [1.29, 1.82) is 0 Å². The van der Waals surface area contributed by atoms with Gasteiger partial charge in [0.1, 0.15) is 6.54 Å². The number of aryl methyl sites for hydroxylation is 1. The molecule has 0 aliphatic carbocycles. The Bertz CT molecular complexity index is 1170. The number of amides is 2. The van der Waals surface area contributed by atoms with E-state index in [4.69, 9.17) is 4.42 Å². The maximum atomic E-state index is 12.5. The van der Waals surface area contributed by atoms with E-state index in [1.165, 1.54) is 6.26 Å². The molecule has 0 bridgehead atoms. The van der Waals surface area contributed by atoms with E-state index in [-0.39, 0.29) is 24.8 Å². The molecule has 0 aliphatic heterocycles. The standard InChI is InChI=1S/C22H23N3O5S/c1-16-7-3-4-10-19(16)25(31(2,28)29)15-21(26)23-14-17-8-5-9-18(13-17)24-22(27)20-11-6-12-30-20/h3-13H,14-15H2,1-2H3,(H,23,26)(H,24,27). The highest BCUT2D eigenvalue weighted by Crippen LogP contribution is 2.21. The Labute approximate surface area is 180 Å². The van der Waals surface area contributed by atoms with Crippen LogP contribution >= 0.6 is 0 Å². The Morgan fingerprint density at radius 2 is 1.81 bits per heavy atom. The first-order valence-corrected chi connectivity index (χ1v) is 11.3. The van der Waals surface area contributed by atoms with Crippen molar-refractivity contribution in [3.8, 4) is 0 Å². The predicted molar refractivity (Wildman–Crippen MR) is 118 cm³/mol. The molecule has 3 aromatic rings. The van der Waals surface area contributed by atoms with E-state index >= 15 is 0 Å². The summed E-state index contributed by atoms with van der Waals surface area (Å²) in [4.78, 5) is 24.6. The van der Waals surface area contributed by atoms with Crippen LogP contribution in [0.3, 0.4) is 0 Å². The maximum absolute atomic E-state index is 12.5. The molecule has 0 unspecified atom stereocenters. The first-order valence-electron chi connectivity index (χ1n) is 9.48. The fourth-order valence-corrected chi connectivity index (χ4v) is 3.88. The summed E-state index contributed by atoms with van der Waals surface area (Å²) < 4.78 is 30.6. The summed E-state index contributed by atoms with van der Waals surface area (Å²) in [6, 6.07) is 17.1. The predicted octanol–water partition coefficient (Wildman–Crippen LogP) is 2.92. The molecule has 9 heteroatoms. The smallest absolute Gasteiger partial charge is 0.291 e. The van der Waals surface area contributed by atoms with Crippen LogP contribution < -0.4 is 14.9 Å². The summed E-state index contributed by atoms with van der Waals surface area (Å²) in [5.41, 5.74) is 2.50. The quantitative estimate of drug-likeness (QED) is 0.559. The van der Waals surface area contributed by atoms with Crippen LogP contribution in [0.15, 0.2) is 71.3 Å². The first kappa shape index (κ1) is 22.1. The highest BCUT2D eigenvalue weighted by atomic mass is 32.2. The maximum Gasteiger partial charge on any atom is 0.291 e. The normalized spacial score (nSPS) is 11.0.